The number of nitrogens with one attached hydrogen (secondary N) is 1. The molecule has 0 unspecified atom stereocenters. The number of para-hydroxylation sites is 2. The summed E-state index contributed by atoms with van der Waals surface area (Å²) in [5, 5.41) is 2.80. The molecule has 28 heavy (non-hydrogen) atoms. The van der Waals surface area contributed by atoms with Crippen LogP contribution in [0.4, 0.5) is 5.69 Å². The highest BCUT2D eigenvalue weighted by Crippen LogP contribution is 2.23. The molecule has 1 N–H and O–H groups in total. The van der Waals surface area contributed by atoms with E-state index in [-0.39, 0.29) is 18.4 Å². The minimum absolute atomic E-state index is 0.0405. The first-order valence-electron chi connectivity index (χ1n) is 9.08. The van der Waals surface area contributed by atoms with E-state index in [1.54, 1.807) is 25.3 Å². The normalized spacial score (nSPS) is 10.4. The highest BCUT2D eigenvalue weighted by Gasteiger charge is 2.18. The van der Waals surface area contributed by atoms with Crippen LogP contribution in [-0.2, 0) is 4.79 Å². The zero-order chi connectivity index (χ0) is 19.9. The van der Waals surface area contributed by atoms with Gasteiger partial charge in [0, 0.05) is 30.2 Å². The third-order valence-corrected chi connectivity index (χ3v) is 4.38. The first-order valence-corrected chi connectivity index (χ1v) is 9.08. The average Bonchev–Trinajstić information content (AvgIpc) is 3.27. The van der Waals surface area contributed by atoms with E-state index >= 15 is 0 Å². The fourth-order valence-electron chi connectivity index (χ4n) is 2.93. The fourth-order valence-corrected chi connectivity index (χ4v) is 2.93. The second kappa shape index (κ2) is 8.90. The number of carbonyl (C=O) groups excluding carboxylic acids is 2. The Bertz CT molecular complexity index is 951. The maximum atomic E-state index is 12.9. The van der Waals surface area contributed by atoms with E-state index < -0.39 is 0 Å². The summed E-state index contributed by atoms with van der Waals surface area (Å²) in [5.41, 5.74) is 2.01. The molecule has 3 rings (SSSR count). The van der Waals surface area contributed by atoms with Gasteiger partial charge in [0.25, 0.3) is 5.91 Å². The molecule has 0 saturated heterocycles. The van der Waals surface area contributed by atoms with Gasteiger partial charge in [0.05, 0.1) is 12.8 Å². The summed E-state index contributed by atoms with van der Waals surface area (Å²) in [5.74, 6) is 0.109. The van der Waals surface area contributed by atoms with Gasteiger partial charge in [0.2, 0.25) is 5.91 Å². The summed E-state index contributed by atoms with van der Waals surface area (Å²) in [6, 6.07) is 18.4. The molecule has 1 aromatic heterocycles. The molecule has 0 spiro atoms. The van der Waals surface area contributed by atoms with Gasteiger partial charge in [-0.05, 0) is 49.4 Å². The topological polar surface area (TPSA) is 63.6 Å². The number of ether oxygens (including phenoxy) is 1. The van der Waals surface area contributed by atoms with Crippen molar-refractivity contribution in [3.8, 4) is 11.4 Å². The molecule has 144 valence electrons. The Morgan fingerprint density at radius 1 is 1.04 bits per heavy atom. The van der Waals surface area contributed by atoms with Gasteiger partial charge in [-0.2, -0.15) is 0 Å². The van der Waals surface area contributed by atoms with Crippen LogP contribution in [-0.4, -0.2) is 41.5 Å². The highest BCUT2D eigenvalue weighted by atomic mass is 16.5. The van der Waals surface area contributed by atoms with Crippen molar-refractivity contribution in [2.75, 3.05) is 25.5 Å². The summed E-state index contributed by atoms with van der Waals surface area (Å²) < 4.78 is 7.18. The Balaban J connectivity index is 1.72. The van der Waals surface area contributed by atoms with Gasteiger partial charge < -0.3 is 19.5 Å². The number of hydrogen-bond donors (Lipinski definition) is 1. The van der Waals surface area contributed by atoms with Crippen LogP contribution in [0.5, 0.6) is 5.75 Å². The van der Waals surface area contributed by atoms with Crippen LogP contribution in [0.3, 0.4) is 0 Å². The summed E-state index contributed by atoms with van der Waals surface area (Å²) in [4.78, 5) is 26.9. The number of methoxy groups -OCH3 is 1. The van der Waals surface area contributed by atoms with Crippen LogP contribution in [0.25, 0.3) is 5.69 Å². The summed E-state index contributed by atoms with van der Waals surface area (Å²) in [6.07, 6.45) is 3.84. The Hall–Kier alpha value is -3.54. The zero-order valence-electron chi connectivity index (χ0n) is 16.0. The van der Waals surface area contributed by atoms with Crippen LogP contribution >= 0.6 is 0 Å². The Morgan fingerprint density at radius 3 is 2.50 bits per heavy atom. The van der Waals surface area contributed by atoms with Crippen molar-refractivity contribution in [1.82, 2.24) is 9.47 Å². The monoisotopic (exact) mass is 377 g/mol. The molecule has 2 amide bonds. The molecule has 1 heterocycles. The van der Waals surface area contributed by atoms with Crippen LogP contribution in [0, 0.1) is 0 Å². The van der Waals surface area contributed by atoms with E-state index in [4.69, 9.17) is 4.74 Å². The number of hydrogen-bond acceptors (Lipinski definition) is 3. The molecule has 0 fully saturated rings. The standard InChI is InChI=1S/C22H23N3O3/c1-3-24(16-21(26)23-19-11-4-5-12-20(19)28-2)22(27)17-9-8-10-18(15-17)25-13-6-7-14-25/h4-15H,3,16H2,1-2H3,(H,23,26). The van der Waals surface area contributed by atoms with Crippen molar-refractivity contribution in [2.45, 2.75) is 6.92 Å². The average molecular weight is 377 g/mol. The summed E-state index contributed by atoms with van der Waals surface area (Å²) >= 11 is 0. The van der Waals surface area contributed by atoms with Crippen molar-refractivity contribution >= 4 is 17.5 Å². The van der Waals surface area contributed by atoms with Gasteiger partial charge in [-0.1, -0.05) is 18.2 Å². The Morgan fingerprint density at radius 2 is 1.79 bits per heavy atom. The van der Waals surface area contributed by atoms with Gasteiger partial charge >= 0.3 is 0 Å². The van der Waals surface area contributed by atoms with E-state index in [0.717, 1.165) is 5.69 Å². The maximum Gasteiger partial charge on any atom is 0.254 e. The fraction of sp³-hybridized carbons (Fsp3) is 0.182. The second-order valence-corrected chi connectivity index (χ2v) is 6.21. The molecular formula is C22H23N3O3. The molecule has 6 nitrogen and oxygen atoms in total. The number of aromatic nitrogens is 1. The zero-order valence-corrected chi connectivity index (χ0v) is 16.0. The van der Waals surface area contributed by atoms with Gasteiger partial charge in [-0.3, -0.25) is 9.59 Å². The van der Waals surface area contributed by atoms with Crippen LogP contribution in [0.2, 0.25) is 0 Å². The molecule has 0 aliphatic heterocycles. The molecule has 0 radical (unpaired) electrons. The smallest absolute Gasteiger partial charge is 0.254 e. The minimum Gasteiger partial charge on any atom is -0.495 e. The lowest BCUT2D eigenvalue weighted by molar-refractivity contribution is -0.116. The molecule has 0 saturated carbocycles. The molecule has 2 aromatic carbocycles. The van der Waals surface area contributed by atoms with Crippen molar-refractivity contribution in [2.24, 2.45) is 0 Å². The molecular weight excluding hydrogens is 354 g/mol. The molecule has 0 bridgehead atoms. The largest absolute Gasteiger partial charge is 0.495 e. The lowest BCUT2D eigenvalue weighted by atomic mass is 10.1. The van der Waals surface area contributed by atoms with E-state index in [2.05, 4.69) is 5.32 Å². The lowest BCUT2D eigenvalue weighted by Crippen LogP contribution is -2.38. The first kappa shape index (κ1) is 19.2. The van der Waals surface area contributed by atoms with E-state index in [0.29, 0.717) is 23.5 Å². The third kappa shape index (κ3) is 4.40. The third-order valence-electron chi connectivity index (χ3n) is 4.38. The van der Waals surface area contributed by atoms with Crippen LogP contribution in [0.15, 0.2) is 73.1 Å². The van der Waals surface area contributed by atoms with Gasteiger partial charge in [-0.25, -0.2) is 0 Å². The molecule has 6 heteroatoms. The second-order valence-electron chi connectivity index (χ2n) is 6.21. The predicted octanol–water partition coefficient (Wildman–Crippen LogP) is 3.59. The van der Waals surface area contributed by atoms with Crippen molar-refractivity contribution in [3.63, 3.8) is 0 Å². The summed E-state index contributed by atoms with van der Waals surface area (Å²) in [6.45, 7) is 2.23. The predicted molar refractivity (Wildman–Crippen MR) is 109 cm³/mol. The van der Waals surface area contributed by atoms with E-state index in [9.17, 15) is 9.59 Å². The Kier molecular flexibility index (Phi) is 6.11. The lowest BCUT2D eigenvalue weighted by Gasteiger charge is -2.21. The van der Waals surface area contributed by atoms with Crippen molar-refractivity contribution < 1.29 is 14.3 Å². The quantitative estimate of drug-likeness (QED) is 0.684. The Labute approximate surface area is 164 Å². The van der Waals surface area contributed by atoms with Gasteiger partial charge in [0.15, 0.2) is 0 Å². The van der Waals surface area contributed by atoms with E-state index in [1.165, 1.54) is 4.90 Å². The maximum absolute atomic E-state index is 12.9. The molecule has 0 atom stereocenters. The highest BCUT2D eigenvalue weighted by molar-refractivity contribution is 6.00. The number of amides is 2. The number of anilines is 1. The van der Waals surface area contributed by atoms with Crippen molar-refractivity contribution in [1.29, 1.82) is 0 Å². The number of nitrogens with zero attached hydrogens (tertiary/aromatic N) is 2. The molecule has 3 aromatic rings. The van der Waals surface area contributed by atoms with E-state index in [1.807, 2.05) is 66.3 Å². The molecule has 0 aliphatic rings. The van der Waals surface area contributed by atoms with Crippen molar-refractivity contribution in [3.05, 3.63) is 78.6 Å². The number of likely N-dealkylation sites (N-methyl/N-ethyl adjacent to an activating group) is 1. The summed E-state index contributed by atoms with van der Waals surface area (Å²) in [7, 11) is 1.55. The van der Waals surface area contributed by atoms with Crippen LogP contribution in [0.1, 0.15) is 17.3 Å². The minimum atomic E-state index is -0.277. The van der Waals surface area contributed by atoms with Gasteiger partial charge in [0.1, 0.15) is 12.3 Å². The number of benzene rings is 2. The SMILES string of the molecule is CCN(CC(=O)Nc1ccccc1OC)C(=O)c1cccc(-n2cccc2)c1. The van der Waals surface area contributed by atoms with Crippen LogP contribution < -0.4 is 10.1 Å². The number of rotatable bonds is 7. The molecule has 0 aliphatic carbocycles. The number of carbonyl (C=O) groups is 2. The first-order chi connectivity index (χ1) is 13.6. The van der Waals surface area contributed by atoms with Gasteiger partial charge in [-0.15, -0.1) is 0 Å².